The van der Waals surface area contributed by atoms with Crippen molar-refractivity contribution >= 4 is 56.4 Å². The lowest BCUT2D eigenvalue weighted by atomic mass is 10.1. The zero-order valence-electron chi connectivity index (χ0n) is 15.9. The normalized spacial score (nSPS) is 10.7. The molecule has 0 saturated carbocycles. The monoisotopic (exact) mass is 513 g/mol. The summed E-state index contributed by atoms with van der Waals surface area (Å²) in [5.41, 5.74) is 3.88. The molecule has 3 aromatic rings. The van der Waals surface area contributed by atoms with Gasteiger partial charge in [-0.1, -0.05) is 46.9 Å². The van der Waals surface area contributed by atoms with Crippen molar-refractivity contribution in [1.82, 2.24) is 0 Å². The molecular weight excluding hydrogens is 497 g/mol. The van der Waals surface area contributed by atoms with Crippen LogP contribution in [0.2, 0.25) is 15.1 Å². The molecule has 0 aromatic heterocycles. The number of hydrogen-bond donors (Lipinski definition) is 1. The second-order valence-corrected chi connectivity index (χ2v) is 8.50. The molecule has 152 valence electrons. The number of benzene rings is 3. The first kappa shape index (κ1) is 22.1. The molecule has 0 aliphatic heterocycles. The molecule has 0 aliphatic carbocycles. The van der Waals surface area contributed by atoms with Crippen LogP contribution in [0.25, 0.3) is 0 Å². The quantitative estimate of drug-likeness (QED) is 0.347. The van der Waals surface area contributed by atoms with Gasteiger partial charge in [-0.2, -0.15) is 0 Å². The molecular formula is C22H19BrCl3NO2. The largest absolute Gasteiger partial charge is 0.493 e. The van der Waals surface area contributed by atoms with E-state index in [9.17, 15) is 0 Å². The Labute approximate surface area is 194 Å². The van der Waals surface area contributed by atoms with Gasteiger partial charge >= 0.3 is 0 Å². The van der Waals surface area contributed by atoms with Gasteiger partial charge in [0.05, 0.1) is 11.6 Å². The number of ether oxygens (including phenoxy) is 2. The molecule has 3 aromatic carbocycles. The first-order valence-electron chi connectivity index (χ1n) is 8.81. The zero-order chi connectivity index (χ0) is 21.0. The van der Waals surface area contributed by atoms with Crippen molar-refractivity contribution in [2.24, 2.45) is 0 Å². The number of rotatable bonds is 7. The van der Waals surface area contributed by atoms with Crippen molar-refractivity contribution in [3.8, 4) is 11.5 Å². The molecule has 7 heteroatoms. The van der Waals surface area contributed by atoms with Crippen LogP contribution in [0.5, 0.6) is 11.5 Å². The zero-order valence-corrected chi connectivity index (χ0v) is 19.7. The van der Waals surface area contributed by atoms with Crippen LogP contribution >= 0.6 is 50.7 Å². The van der Waals surface area contributed by atoms with Crippen molar-refractivity contribution in [2.45, 2.75) is 20.1 Å². The molecule has 0 amide bonds. The van der Waals surface area contributed by atoms with E-state index in [4.69, 9.17) is 44.3 Å². The Bertz CT molecular complexity index is 1030. The van der Waals surface area contributed by atoms with E-state index >= 15 is 0 Å². The summed E-state index contributed by atoms with van der Waals surface area (Å²) in [6.07, 6.45) is 0. The highest BCUT2D eigenvalue weighted by Crippen LogP contribution is 2.38. The van der Waals surface area contributed by atoms with Gasteiger partial charge in [0.25, 0.3) is 0 Å². The van der Waals surface area contributed by atoms with Crippen molar-refractivity contribution in [1.29, 1.82) is 0 Å². The second kappa shape index (κ2) is 9.94. The van der Waals surface area contributed by atoms with E-state index in [1.54, 1.807) is 19.2 Å². The standard InChI is InChI=1S/C22H19BrCl3NO2/c1-13-18(25)4-3-5-20(13)27-11-14-8-17(23)22(21(9-14)28-2)29-12-15-6-7-16(24)10-19(15)26/h3-10,27H,11-12H2,1-2H3. The van der Waals surface area contributed by atoms with Gasteiger partial charge in [0.15, 0.2) is 11.5 Å². The molecule has 0 saturated heterocycles. The molecule has 1 N–H and O–H groups in total. The lowest BCUT2D eigenvalue weighted by Gasteiger charge is -2.16. The summed E-state index contributed by atoms with van der Waals surface area (Å²) < 4.78 is 12.3. The summed E-state index contributed by atoms with van der Waals surface area (Å²) in [5.74, 6) is 1.24. The third-order valence-electron chi connectivity index (χ3n) is 4.43. The minimum Gasteiger partial charge on any atom is -0.493 e. The Morgan fingerprint density at radius 2 is 1.79 bits per heavy atom. The average molecular weight is 516 g/mol. The number of halogens is 4. The van der Waals surface area contributed by atoms with Gasteiger partial charge in [0.2, 0.25) is 0 Å². The molecule has 0 fully saturated rings. The van der Waals surface area contributed by atoms with E-state index in [1.807, 2.05) is 43.3 Å². The summed E-state index contributed by atoms with van der Waals surface area (Å²) in [7, 11) is 1.61. The highest BCUT2D eigenvalue weighted by molar-refractivity contribution is 9.10. The van der Waals surface area contributed by atoms with E-state index < -0.39 is 0 Å². The van der Waals surface area contributed by atoms with Gasteiger partial charge in [0.1, 0.15) is 6.61 Å². The van der Waals surface area contributed by atoms with Crippen LogP contribution in [0.15, 0.2) is 53.0 Å². The molecule has 3 rings (SSSR count). The van der Waals surface area contributed by atoms with Crippen LogP contribution in [0.4, 0.5) is 5.69 Å². The molecule has 0 unspecified atom stereocenters. The maximum Gasteiger partial charge on any atom is 0.175 e. The van der Waals surface area contributed by atoms with Crippen LogP contribution in [0, 0.1) is 6.92 Å². The fraction of sp³-hybridized carbons (Fsp3) is 0.182. The van der Waals surface area contributed by atoms with Gasteiger partial charge in [-0.05, 0) is 70.4 Å². The topological polar surface area (TPSA) is 30.5 Å². The summed E-state index contributed by atoms with van der Waals surface area (Å²) in [4.78, 5) is 0. The number of anilines is 1. The predicted molar refractivity (Wildman–Crippen MR) is 125 cm³/mol. The van der Waals surface area contributed by atoms with Crippen molar-refractivity contribution in [3.05, 3.63) is 84.8 Å². The molecule has 0 bridgehead atoms. The van der Waals surface area contributed by atoms with Crippen LogP contribution < -0.4 is 14.8 Å². The maximum atomic E-state index is 6.23. The van der Waals surface area contributed by atoms with Gasteiger partial charge in [-0.25, -0.2) is 0 Å². The minimum absolute atomic E-state index is 0.296. The second-order valence-electron chi connectivity index (χ2n) is 6.40. The predicted octanol–water partition coefficient (Wildman–Crippen LogP) is 7.92. The summed E-state index contributed by atoms with van der Waals surface area (Å²) in [6, 6.07) is 15.1. The highest BCUT2D eigenvalue weighted by atomic mass is 79.9. The Morgan fingerprint density at radius 1 is 1.00 bits per heavy atom. The van der Waals surface area contributed by atoms with Crippen molar-refractivity contribution in [2.75, 3.05) is 12.4 Å². The Morgan fingerprint density at radius 3 is 2.52 bits per heavy atom. The SMILES string of the molecule is COc1cc(CNc2cccc(Cl)c2C)cc(Br)c1OCc1ccc(Cl)cc1Cl. The first-order valence-corrected chi connectivity index (χ1v) is 10.7. The fourth-order valence-corrected chi connectivity index (χ4v) is 4.04. The van der Waals surface area contributed by atoms with Crippen LogP contribution in [-0.4, -0.2) is 7.11 Å². The summed E-state index contributed by atoms with van der Waals surface area (Å²) >= 11 is 22.0. The van der Waals surface area contributed by atoms with Gasteiger partial charge in [0, 0.05) is 32.9 Å². The molecule has 3 nitrogen and oxygen atoms in total. The van der Waals surface area contributed by atoms with E-state index in [0.29, 0.717) is 34.7 Å². The van der Waals surface area contributed by atoms with Gasteiger partial charge in [-0.3, -0.25) is 0 Å². The fourth-order valence-electron chi connectivity index (χ4n) is 2.80. The third kappa shape index (κ3) is 5.52. The number of methoxy groups -OCH3 is 1. The Hall–Kier alpha value is -1.59. The van der Waals surface area contributed by atoms with Gasteiger partial charge < -0.3 is 14.8 Å². The lowest BCUT2D eigenvalue weighted by molar-refractivity contribution is 0.282. The summed E-state index contributed by atoms with van der Waals surface area (Å²) in [5, 5.41) is 5.29. The summed E-state index contributed by atoms with van der Waals surface area (Å²) in [6.45, 7) is 2.89. The molecule has 0 heterocycles. The Kier molecular flexibility index (Phi) is 7.58. The molecule has 0 aliphatic rings. The lowest BCUT2D eigenvalue weighted by Crippen LogP contribution is -2.04. The van der Waals surface area contributed by atoms with E-state index in [1.165, 1.54) is 0 Å². The molecule has 29 heavy (non-hydrogen) atoms. The number of hydrogen-bond acceptors (Lipinski definition) is 3. The third-order valence-corrected chi connectivity index (χ3v) is 6.01. The molecule has 0 spiro atoms. The minimum atomic E-state index is 0.296. The highest BCUT2D eigenvalue weighted by Gasteiger charge is 2.13. The van der Waals surface area contributed by atoms with Gasteiger partial charge in [-0.15, -0.1) is 0 Å². The van der Waals surface area contributed by atoms with E-state index in [-0.39, 0.29) is 0 Å². The molecule has 0 radical (unpaired) electrons. The first-order chi connectivity index (χ1) is 13.9. The van der Waals surface area contributed by atoms with Crippen LogP contribution in [0.1, 0.15) is 16.7 Å². The smallest absolute Gasteiger partial charge is 0.175 e. The van der Waals surface area contributed by atoms with Crippen molar-refractivity contribution < 1.29 is 9.47 Å². The molecule has 0 atom stereocenters. The van der Waals surface area contributed by atoms with Crippen molar-refractivity contribution in [3.63, 3.8) is 0 Å². The Balaban J connectivity index is 1.75. The van der Waals surface area contributed by atoms with Crippen LogP contribution in [0.3, 0.4) is 0 Å². The average Bonchev–Trinajstić information content (AvgIpc) is 2.69. The number of nitrogens with one attached hydrogen (secondary N) is 1. The van der Waals surface area contributed by atoms with E-state index in [2.05, 4.69) is 21.2 Å². The maximum absolute atomic E-state index is 6.23. The van der Waals surface area contributed by atoms with E-state index in [0.717, 1.165) is 31.9 Å². The van der Waals surface area contributed by atoms with Crippen LogP contribution in [-0.2, 0) is 13.2 Å².